The Labute approximate surface area is 53.9 Å². The van der Waals surface area contributed by atoms with Gasteiger partial charge in [0.1, 0.15) is 0 Å². The molecule has 0 fully saturated rings. The van der Waals surface area contributed by atoms with Crippen molar-refractivity contribution in [3.8, 4) is 12.3 Å². The molecule has 0 atom stereocenters. The van der Waals surface area contributed by atoms with E-state index in [2.05, 4.69) is 5.92 Å². The first-order chi connectivity index (χ1) is 3.93. The maximum absolute atomic E-state index is 5.01. The van der Waals surface area contributed by atoms with Crippen LogP contribution in [0.15, 0.2) is 36.0 Å². The first-order valence-electron chi connectivity index (χ1n) is 2.44. The zero-order chi connectivity index (χ0) is 5.82. The van der Waals surface area contributed by atoms with E-state index in [4.69, 9.17) is 6.42 Å². The van der Waals surface area contributed by atoms with Gasteiger partial charge in [-0.15, -0.1) is 6.42 Å². The third-order valence-corrected chi connectivity index (χ3v) is 0.938. The maximum Gasteiger partial charge on any atom is -0.00490 e. The fourth-order valence-corrected chi connectivity index (χ4v) is 0.581. The van der Waals surface area contributed by atoms with Crippen LogP contribution in [-0.4, -0.2) is 0 Å². The van der Waals surface area contributed by atoms with Gasteiger partial charge in [-0.1, -0.05) is 30.2 Å². The van der Waals surface area contributed by atoms with Crippen LogP contribution in [0.25, 0.3) is 0 Å². The zero-order valence-electron chi connectivity index (χ0n) is 4.84. The highest BCUT2D eigenvalue weighted by Crippen LogP contribution is 2.04. The standard InChI is InChI=1S/C8H6.FH/c1-2-5-8-6-3-4-7-8;/h1,3-7H;1H/p-1. The lowest BCUT2D eigenvalue weighted by molar-refractivity contribution is -0.00000153. The molecule has 0 radical (unpaired) electrons. The molecule has 1 aliphatic rings. The summed E-state index contributed by atoms with van der Waals surface area (Å²) in [6, 6.07) is 0. The maximum atomic E-state index is 5.01. The molecule has 0 aromatic heterocycles. The topological polar surface area (TPSA) is 0 Å². The van der Waals surface area contributed by atoms with E-state index >= 15 is 0 Å². The summed E-state index contributed by atoms with van der Waals surface area (Å²) in [5.74, 6) is 2.45. The molecule has 0 bridgehead atoms. The van der Waals surface area contributed by atoms with Crippen molar-refractivity contribution in [3.63, 3.8) is 0 Å². The van der Waals surface area contributed by atoms with Gasteiger partial charge in [-0.05, 0) is 11.6 Å². The van der Waals surface area contributed by atoms with Crippen molar-refractivity contribution in [2.24, 2.45) is 0 Å². The normalized spacial score (nSPS) is 12.6. The van der Waals surface area contributed by atoms with E-state index < -0.39 is 0 Å². The molecule has 0 nitrogen and oxygen atoms in total. The Bertz CT molecular complexity index is 187. The van der Waals surface area contributed by atoms with Crippen LogP contribution in [0.2, 0.25) is 0 Å². The monoisotopic (exact) mass is 121 g/mol. The van der Waals surface area contributed by atoms with Crippen molar-refractivity contribution in [1.29, 1.82) is 0 Å². The molecule has 0 aromatic carbocycles. The Hall–Kier alpha value is -1.29. The van der Waals surface area contributed by atoms with Crippen LogP contribution in [0.3, 0.4) is 0 Å². The van der Waals surface area contributed by atoms with E-state index in [9.17, 15) is 0 Å². The fourth-order valence-electron chi connectivity index (χ4n) is 0.581. The zero-order valence-corrected chi connectivity index (χ0v) is 4.84. The van der Waals surface area contributed by atoms with Crippen molar-refractivity contribution in [2.75, 3.05) is 0 Å². The Morgan fingerprint density at radius 2 is 1.89 bits per heavy atom. The van der Waals surface area contributed by atoms with Crippen molar-refractivity contribution >= 4 is 0 Å². The van der Waals surface area contributed by atoms with Crippen LogP contribution in [0.4, 0.5) is 0 Å². The second-order valence-electron chi connectivity index (χ2n) is 1.53. The molecular weight excluding hydrogens is 115 g/mol. The summed E-state index contributed by atoms with van der Waals surface area (Å²) in [5, 5.41) is 0. The van der Waals surface area contributed by atoms with Crippen LogP contribution in [0.5, 0.6) is 0 Å². The van der Waals surface area contributed by atoms with E-state index in [1.165, 1.54) is 0 Å². The second-order valence-corrected chi connectivity index (χ2v) is 1.53. The van der Waals surface area contributed by atoms with E-state index in [1.807, 2.05) is 24.3 Å². The lowest BCUT2D eigenvalue weighted by atomic mass is 10.3. The summed E-state index contributed by atoms with van der Waals surface area (Å²) in [6.07, 6.45) is 14.6. The van der Waals surface area contributed by atoms with Gasteiger partial charge in [-0.25, -0.2) is 0 Å². The number of allylic oxidation sites excluding steroid dienone is 6. The van der Waals surface area contributed by atoms with Gasteiger partial charge in [0.05, 0.1) is 0 Å². The molecule has 0 N–H and O–H groups in total. The van der Waals surface area contributed by atoms with Crippen LogP contribution >= 0.6 is 0 Å². The first-order valence-corrected chi connectivity index (χ1v) is 2.44. The highest BCUT2D eigenvalue weighted by Gasteiger charge is 1.85. The first kappa shape index (κ1) is 7.71. The molecule has 0 aliphatic heterocycles. The van der Waals surface area contributed by atoms with Gasteiger partial charge in [0.15, 0.2) is 0 Å². The van der Waals surface area contributed by atoms with Crippen molar-refractivity contribution in [1.82, 2.24) is 0 Å². The Kier molecular flexibility index (Phi) is 3.15. The van der Waals surface area contributed by atoms with Crippen molar-refractivity contribution < 1.29 is 4.70 Å². The molecule has 0 spiro atoms. The Morgan fingerprint density at radius 3 is 2.33 bits per heavy atom. The van der Waals surface area contributed by atoms with E-state index in [0.29, 0.717) is 0 Å². The third-order valence-electron chi connectivity index (χ3n) is 0.938. The lowest BCUT2D eigenvalue weighted by Gasteiger charge is -1.77. The number of rotatable bonds is 0. The van der Waals surface area contributed by atoms with Gasteiger partial charge in [0, 0.05) is 0 Å². The molecule has 0 heterocycles. The summed E-state index contributed by atoms with van der Waals surface area (Å²) in [4.78, 5) is 0. The molecule has 0 unspecified atom stereocenters. The van der Waals surface area contributed by atoms with E-state index in [0.717, 1.165) is 5.57 Å². The average Bonchev–Trinajstić information content (AvgIpc) is 2.19. The highest BCUT2D eigenvalue weighted by molar-refractivity contribution is 5.43. The van der Waals surface area contributed by atoms with Gasteiger partial charge in [0.2, 0.25) is 0 Å². The van der Waals surface area contributed by atoms with Crippen molar-refractivity contribution in [3.05, 3.63) is 36.0 Å². The van der Waals surface area contributed by atoms with Gasteiger partial charge >= 0.3 is 0 Å². The molecule has 0 amide bonds. The molecule has 46 valence electrons. The SMILES string of the molecule is C#CC=C1C=CC=C1.[F-]. The minimum atomic E-state index is 0. The van der Waals surface area contributed by atoms with Gasteiger partial charge in [-0.3, -0.25) is 0 Å². The van der Waals surface area contributed by atoms with Crippen molar-refractivity contribution in [2.45, 2.75) is 0 Å². The van der Waals surface area contributed by atoms with E-state index in [-0.39, 0.29) is 4.70 Å². The highest BCUT2D eigenvalue weighted by atomic mass is 19.0. The smallest absolute Gasteiger partial charge is 0.00490 e. The summed E-state index contributed by atoms with van der Waals surface area (Å²) >= 11 is 0. The minimum absolute atomic E-state index is 0. The molecule has 9 heavy (non-hydrogen) atoms. The molecule has 0 saturated heterocycles. The summed E-state index contributed by atoms with van der Waals surface area (Å²) in [5.41, 5.74) is 1.10. The number of terminal acetylenes is 1. The number of hydrogen-bond donors (Lipinski definition) is 0. The van der Waals surface area contributed by atoms with E-state index in [1.54, 1.807) is 6.08 Å². The van der Waals surface area contributed by atoms with Gasteiger partial charge in [-0.2, -0.15) is 0 Å². The van der Waals surface area contributed by atoms with Gasteiger partial charge in [0.25, 0.3) is 0 Å². The molecule has 1 heteroatoms. The molecular formula is C8H6F-. The largest absolute Gasteiger partial charge is 1.00 e. The number of halogens is 1. The second kappa shape index (κ2) is 3.68. The predicted molar refractivity (Wildman–Crippen MR) is 35.2 cm³/mol. The van der Waals surface area contributed by atoms with Crippen LogP contribution < -0.4 is 4.70 Å². The summed E-state index contributed by atoms with van der Waals surface area (Å²) in [7, 11) is 0. The molecule has 0 aromatic rings. The van der Waals surface area contributed by atoms with Crippen LogP contribution in [0.1, 0.15) is 0 Å². The lowest BCUT2D eigenvalue weighted by Crippen LogP contribution is -3.00. The van der Waals surface area contributed by atoms with Crippen LogP contribution in [-0.2, 0) is 0 Å². The predicted octanol–water partition coefficient (Wildman–Crippen LogP) is -1.32. The minimum Gasteiger partial charge on any atom is -1.00 e. The van der Waals surface area contributed by atoms with Crippen LogP contribution in [0, 0.1) is 12.3 Å². The summed E-state index contributed by atoms with van der Waals surface area (Å²) in [6.45, 7) is 0. The quantitative estimate of drug-likeness (QED) is 0.349. The fraction of sp³-hybridized carbons (Fsp3) is 0. The average molecular weight is 121 g/mol. The summed E-state index contributed by atoms with van der Waals surface area (Å²) < 4.78 is 0. The molecule has 1 aliphatic carbocycles. The third kappa shape index (κ3) is 1.96. The Morgan fingerprint density at radius 1 is 1.33 bits per heavy atom. The number of hydrogen-bond acceptors (Lipinski definition) is 0. The molecule has 0 saturated carbocycles. The Balaban J connectivity index is 0.000000640. The van der Waals surface area contributed by atoms with Gasteiger partial charge < -0.3 is 4.70 Å². The molecule has 1 rings (SSSR count).